The van der Waals surface area contributed by atoms with Gasteiger partial charge in [0.05, 0.1) is 21.4 Å². The van der Waals surface area contributed by atoms with Crippen molar-refractivity contribution in [3.05, 3.63) is 118 Å². The second-order valence-electron chi connectivity index (χ2n) is 8.35. The van der Waals surface area contributed by atoms with Crippen molar-refractivity contribution in [1.82, 2.24) is 0 Å². The number of nitrogens with one attached hydrogen (secondary N) is 2. The van der Waals surface area contributed by atoms with Crippen LogP contribution in [0.2, 0.25) is 10.0 Å². The normalized spacial score (nSPS) is 10.4. The third-order valence-electron chi connectivity index (χ3n) is 5.33. The van der Waals surface area contributed by atoms with Crippen LogP contribution in [0.5, 0.6) is 11.5 Å². The average molecular weight is 617 g/mol. The minimum atomic E-state index is -1.40. The highest BCUT2D eigenvalue weighted by atomic mass is 35.5. The smallest absolute Gasteiger partial charge is 0.444 e. The number of hydrogen-bond donors (Lipinski definition) is 2. The topological polar surface area (TPSA) is 112 Å². The first kappa shape index (κ1) is 30.1. The number of hydrogen-bond acceptors (Lipinski definition) is 7. The molecular formula is C29H20Cl2F2N2O7. The minimum Gasteiger partial charge on any atom is -0.444 e. The molecule has 0 spiro atoms. The van der Waals surface area contributed by atoms with Crippen LogP contribution in [0.15, 0.2) is 84.9 Å². The zero-order chi connectivity index (χ0) is 30.1. The maximum atomic E-state index is 14.4. The lowest BCUT2D eigenvalue weighted by Crippen LogP contribution is -2.17. The van der Waals surface area contributed by atoms with E-state index in [1.54, 1.807) is 60.7 Å². The van der Waals surface area contributed by atoms with Crippen molar-refractivity contribution in [3.8, 4) is 11.5 Å². The summed E-state index contributed by atoms with van der Waals surface area (Å²) in [7, 11) is 0. The predicted molar refractivity (Wildman–Crippen MR) is 150 cm³/mol. The fourth-order valence-corrected chi connectivity index (χ4v) is 3.72. The lowest BCUT2D eigenvalue weighted by Gasteiger charge is -2.13. The second-order valence-corrected chi connectivity index (χ2v) is 9.17. The van der Waals surface area contributed by atoms with Crippen LogP contribution in [0.1, 0.15) is 11.1 Å². The highest BCUT2D eigenvalue weighted by molar-refractivity contribution is 6.32. The second kappa shape index (κ2) is 14.2. The van der Waals surface area contributed by atoms with Crippen LogP contribution in [0, 0.1) is 11.6 Å². The molecule has 0 fully saturated rings. The van der Waals surface area contributed by atoms with Gasteiger partial charge in [-0.1, -0.05) is 83.9 Å². The Balaban J connectivity index is 1.38. The first-order valence-corrected chi connectivity index (χ1v) is 12.8. The molecule has 0 heterocycles. The van der Waals surface area contributed by atoms with Crippen molar-refractivity contribution in [2.75, 3.05) is 10.6 Å². The molecule has 4 aromatic carbocycles. The molecule has 2 N–H and O–H groups in total. The van der Waals surface area contributed by atoms with E-state index >= 15 is 0 Å². The summed E-state index contributed by atoms with van der Waals surface area (Å²) in [5.74, 6) is -2.65. The number of ether oxygens (including phenoxy) is 4. The van der Waals surface area contributed by atoms with Gasteiger partial charge in [0.15, 0.2) is 11.5 Å². The first-order valence-electron chi connectivity index (χ1n) is 12.0. The molecule has 0 aliphatic rings. The van der Waals surface area contributed by atoms with E-state index in [2.05, 4.69) is 10.6 Å². The minimum absolute atomic E-state index is 0.0718. The van der Waals surface area contributed by atoms with Crippen LogP contribution < -0.4 is 20.1 Å². The molecule has 0 saturated heterocycles. The first-order chi connectivity index (χ1) is 20.2. The van der Waals surface area contributed by atoms with Gasteiger partial charge >= 0.3 is 18.3 Å². The van der Waals surface area contributed by atoms with Gasteiger partial charge in [-0.2, -0.15) is 0 Å². The number of anilines is 2. The van der Waals surface area contributed by atoms with E-state index in [0.717, 1.165) is 24.3 Å². The number of benzene rings is 4. The number of halogens is 4. The summed E-state index contributed by atoms with van der Waals surface area (Å²) in [6, 6.07) is 21.0. The van der Waals surface area contributed by atoms with Crippen LogP contribution in [-0.2, 0) is 22.7 Å². The van der Waals surface area contributed by atoms with E-state index in [9.17, 15) is 23.2 Å². The van der Waals surface area contributed by atoms with Crippen LogP contribution in [0.25, 0.3) is 0 Å². The van der Waals surface area contributed by atoms with Gasteiger partial charge in [-0.3, -0.25) is 10.6 Å². The van der Waals surface area contributed by atoms with Crippen LogP contribution >= 0.6 is 23.2 Å². The van der Waals surface area contributed by atoms with Gasteiger partial charge in [-0.05, 0) is 23.3 Å². The molecule has 0 bridgehead atoms. The fourth-order valence-electron chi connectivity index (χ4n) is 3.34. The van der Waals surface area contributed by atoms with E-state index in [1.807, 2.05) is 0 Å². The molecule has 0 atom stereocenters. The molecule has 0 aliphatic carbocycles. The third kappa shape index (κ3) is 8.56. The number of amides is 2. The van der Waals surface area contributed by atoms with Gasteiger partial charge in [0.1, 0.15) is 24.8 Å². The Bertz CT molecular complexity index is 1480. The monoisotopic (exact) mass is 616 g/mol. The summed E-state index contributed by atoms with van der Waals surface area (Å²) in [5, 5.41) is 3.72. The Kier molecular flexibility index (Phi) is 10.1. The lowest BCUT2D eigenvalue weighted by molar-refractivity contribution is 0.152. The molecule has 0 unspecified atom stereocenters. The standard InChI is InChI=1S/C29H20Cl2F2N2O7/c30-19-11-21(32)23(34-27(36)39-15-17-7-3-1-4-8-17)13-25(19)41-29(38)42-26-14-24(22(33)12-20(26)31)35-28(37)40-16-18-9-5-2-6-10-18/h1-14H,15-16H2,(H,34,36)(H,35,37). The molecule has 0 aromatic heterocycles. The fraction of sp³-hybridized carbons (Fsp3) is 0.0690. The molecule has 0 radical (unpaired) electrons. The van der Waals surface area contributed by atoms with Crippen molar-refractivity contribution in [2.24, 2.45) is 0 Å². The predicted octanol–water partition coefficient (Wildman–Crippen LogP) is 8.35. The van der Waals surface area contributed by atoms with Gasteiger partial charge in [-0.15, -0.1) is 0 Å². The molecule has 216 valence electrons. The molecular weight excluding hydrogens is 597 g/mol. The summed E-state index contributed by atoms with van der Waals surface area (Å²) in [6.07, 6.45) is -3.35. The molecule has 42 heavy (non-hydrogen) atoms. The van der Waals surface area contributed by atoms with Gasteiger partial charge in [0.2, 0.25) is 0 Å². The molecule has 0 aliphatic heterocycles. The maximum absolute atomic E-state index is 14.4. The van der Waals surface area contributed by atoms with E-state index < -0.39 is 41.4 Å². The highest BCUT2D eigenvalue weighted by Gasteiger charge is 2.20. The summed E-state index contributed by atoms with van der Waals surface area (Å²) in [4.78, 5) is 36.7. The quantitative estimate of drug-likeness (QED) is 0.151. The third-order valence-corrected chi connectivity index (χ3v) is 5.92. The number of rotatable bonds is 8. The van der Waals surface area contributed by atoms with Crippen LogP contribution in [0.4, 0.5) is 34.5 Å². The highest BCUT2D eigenvalue weighted by Crippen LogP contribution is 2.33. The van der Waals surface area contributed by atoms with Gasteiger partial charge < -0.3 is 18.9 Å². The summed E-state index contributed by atoms with van der Waals surface area (Å²) < 4.78 is 49.0. The van der Waals surface area contributed by atoms with E-state index in [4.69, 9.17) is 42.1 Å². The van der Waals surface area contributed by atoms with E-state index in [-0.39, 0.29) is 34.8 Å². The van der Waals surface area contributed by atoms with Crippen molar-refractivity contribution in [3.63, 3.8) is 0 Å². The van der Waals surface area contributed by atoms with Crippen LogP contribution in [0.3, 0.4) is 0 Å². The van der Waals surface area contributed by atoms with Crippen LogP contribution in [-0.4, -0.2) is 18.3 Å². The molecule has 0 saturated carbocycles. The maximum Gasteiger partial charge on any atom is 0.519 e. The molecule has 13 heteroatoms. The largest absolute Gasteiger partial charge is 0.519 e. The van der Waals surface area contributed by atoms with Crippen molar-refractivity contribution < 1.29 is 42.1 Å². The SMILES string of the molecule is O=C(Nc1cc(OC(=O)Oc2cc(NC(=O)OCc3ccccc3)c(F)cc2Cl)c(Cl)cc1F)OCc1ccccc1. The summed E-state index contributed by atoms with van der Waals surface area (Å²) in [5.41, 5.74) is 0.608. The van der Waals surface area contributed by atoms with Crippen molar-refractivity contribution in [2.45, 2.75) is 13.2 Å². The number of carbonyl (C=O) groups is 3. The molecule has 4 aromatic rings. The molecule has 9 nitrogen and oxygen atoms in total. The average Bonchev–Trinajstić information content (AvgIpc) is 2.97. The number of carbonyl (C=O) groups excluding carboxylic acids is 3. The van der Waals surface area contributed by atoms with Crippen molar-refractivity contribution >= 4 is 52.9 Å². The summed E-state index contributed by atoms with van der Waals surface area (Å²) in [6.45, 7) is -0.144. The Morgan fingerprint density at radius 1 is 0.619 bits per heavy atom. The molecule has 4 rings (SSSR count). The summed E-state index contributed by atoms with van der Waals surface area (Å²) >= 11 is 12.0. The van der Waals surface area contributed by atoms with E-state index in [0.29, 0.717) is 11.1 Å². The lowest BCUT2D eigenvalue weighted by atomic mass is 10.2. The zero-order valence-electron chi connectivity index (χ0n) is 21.4. The Hall–Kier alpha value is -4.87. The van der Waals surface area contributed by atoms with E-state index in [1.165, 1.54) is 0 Å². The Morgan fingerprint density at radius 3 is 1.38 bits per heavy atom. The Labute approximate surface area is 247 Å². The molecule has 2 amide bonds. The zero-order valence-corrected chi connectivity index (χ0v) is 22.9. The van der Waals surface area contributed by atoms with Crippen molar-refractivity contribution in [1.29, 1.82) is 0 Å². The van der Waals surface area contributed by atoms with Gasteiger partial charge in [-0.25, -0.2) is 23.2 Å². The van der Waals surface area contributed by atoms with Gasteiger partial charge in [0.25, 0.3) is 0 Å². The Morgan fingerprint density at radius 2 is 1.00 bits per heavy atom. The van der Waals surface area contributed by atoms with Gasteiger partial charge in [0, 0.05) is 12.1 Å².